The van der Waals surface area contributed by atoms with Crippen LogP contribution < -0.4 is 5.73 Å². The number of phenols is 2. The molecule has 0 aliphatic carbocycles. The minimum absolute atomic E-state index is 0. The Hall–Kier alpha value is -1.42. The van der Waals surface area contributed by atoms with Crippen molar-refractivity contribution in [3.05, 3.63) is 23.8 Å². The highest BCUT2D eigenvalue weighted by atomic mass is 35.5. The first-order valence-corrected chi connectivity index (χ1v) is 2.92. The van der Waals surface area contributed by atoms with Gasteiger partial charge in [-0.2, -0.15) is 0 Å². The normalized spacial score (nSPS) is 8.67. The minimum Gasteiger partial charge on any atom is -0.508 e. The zero-order valence-corrected chi connectivity index (χ0v) is 6.84. The molecular weight excluding hydrogens is 182 g/mol. The number of rotatable bonds is 1. The number of amides is 1. The van der Waals surface area contributed by atoms with Gasteiger partial charge in [0.25, 0.3) is 0 Å². The zero-order chi connectivity index (χ0) is 8.43. The summed E-state index contributed by atoms with van der Waals surface area (Å²) in [5.41, 5.74) is 4.98. The van der Waals surface area contributed by atoms with Gasteiger partial charge in [0.05, 0.1) is 0 Å². The summed E-state index contributed by atoms with van der Waals surface area (Å²) in [5.74, 6) is -1.05. The SMILES string of the molecule is Cl.NC(=O)c1cc(O)cc(O)c1. The highest BCUT2D eigenvalue weighted by Gasteiger charge is 2.02. The van der Waals surface area contributed by atoms with Crippen molar-refractivity contribution in [1.82, 2.24) is 0 Å². The van der Waals surface area contributed by atoms with Crippen molar-refractivity contribution in [3.63, 3.8) is 0 Å². The molecule has 0 aliphatic heterocycles. The monoisotopic (exact) mass is 189 g/mol. The van der Waals surface area contributed by atoms with E-state index >= 15 is 0 Å². The van der Waals surface area contributed by atoms with E-state index in [-0.39, 0.29) is 29.5 Å². The fourth-order valence-corrected chi connectivity index (χ4v) is 0.737. The third-order valence-electron chi connectivity index (χ3n) is 1.19. The third-order valence-corrected chi connectivity index (χ3v) is 1.19. The number of primary amides is 1. The first-order valence-electron chi connectivity index (χ1n) is 2.92. The first kappa shape index (κ1) is 10.6. The van der Waals surface area contributed by atoms with Crippen LogP contribution in [-0.2, 0) is 0 Å². The van der Waals surface area contributed by atoms with Crippen molar-refractivity contribution in [1.29, 1.82) is 0 Å². The lowest BCUT2D eigenvalue weighted by molar-refractivity contribution is 0.0999. The number of benzene rings is 1. The molecule has 66 valence electrons. The molecule has 0 atom stereocenters. The molecule has 0 heterocycles. The van der Waals surface area contributed by atoms with E-state index in [9.17, 15) is 4.79 Å². The fraction of sp³-hybridized carbons (Fsp3) is 0. The van der Waals surface area contributed by atoms with Crippen molar-refractivity contribution in [2.75, 3.05) is 0 Å². The van der Waals surface area contributed by atoms with Gasteiger partial charge in [-0.15, -0.1) is 12.4 Å². The Bertz CT molecular complexity index is 280. The Morgan fingerprint density at radius 3 is 1.92 bits per heavy atom. The summed E-state index contributed by atoms with van der Waals surface area (Å²) in [7, 11) is 0. The number of carbonyl (C=O) groups is 1. The predicted molar refractivity (Wildman–Crippen MR) is 45.5 cm³/mol. The Kier molecular flexibility index (Phi) is 3.37. The van der Waals surface area contributed by atoms with Gasteiger partial charge in [0.2, 0.25) is 5.91 Å². The van der Waals surface area contributed by atoms with Crippen LogP contribution in [0.4, 0.5) is 0 Å². The summed E-state index contributed by atoms with van der Waals surface area (Å²) in [4.78, 5) is 10.5. The van der Waals surface area contributed by atoms with Gasteiger partial charge in [0, 0.05) is 11.6 Å². The molecule has 0 aliphatic rings. The highest BCUT2D eigenvalue weighted by molar-refractivity contribution is 5.93. The topological polar surface area (TPSA) is 83.6 Å². The van der Waals surface area contributed by atoms with Crippen LogP contribution in [0.3, 0.4) is 0 Å². The van der Waals surface area contributed by atoms with E-state index < -0.39 is 5.91 Å². The van der Waals surface area contributed by atoms with E-state index in [1.807, 2.05) is 0 Å². The van der Waals surface area contributed by atoms with E-state index in [4.69, 9.17) is 15.9 Å². The van der Waals surface area contributed by atoms with Crippen molar-refractivity contribution >= 4 is 18.3 Å². The van der Waals surface area contributed by atoms with E-state index in [2.05, 4.69) is 0 Å². The second kappa shape index (κ2) is 3.82. The maximum absolute atomic E-state index is 10.5. The maximum atomic E-state index is 10.5. The number of nitrogens with two attached hydrogens (primary N) is 1. The molecule has 4 nitrogen and oxygen atoms in total. The zero-order valence-electron chi connectivity index (χ0n) is 6.02. The summed E-state index contributed by atoms with van der Waals surface area (Å²) >= 11 is 0. The second-order valence-corrected chi connectivity index (χ2v) is 2.10. The van der Waals surface area contributed by atoms with Gasteiger partial charge in [-0.3, -0.25) is 4.79 Å². The lowest BCUT2D eigenvalue weighted by atomic mass is 10.2. The van der Waals surface area contributed by atoms with Crippen LogP contribution in [0.5, 0.6) is 11.5 Å². The molecule has 12 heavy (non-hydrogen) atoms. The van der Waals surface area contributed by atoms with Gasteiger partial charge in [-0.1, -0.05) is 0 Å². The Morgan fingerprint density at radius 2 is 1.58 bits per heavy atom. The molecule has 0 radical (unpaired) electrons. The molecule has 1 aromatic rings. The molecule has 0 unspecified atom stereocenters. The van der Waals surface area contributed by atoms with Gasteiger partial charge >= 0.3 is 0 Å². The first-order chi connectivity index (χ1) is 5.09. The van der Waals surface area contributed by atoms with Crippen molar-refractivity contribution < 1.29 is 15.0 Å². The molecule has 4 N–H and O–H groups in total. The maximum Gasteiger partial charge on any atom is 0.248 e. The van der Waals surface area contributed by atoms with Gasteiger partial charge in [-0.25, -0.2) is 0 Å². The number of carbonyl (C=O) groups excluding carboxylic acids is 1. The molecule has 1 amide bonds. The Morgan fingerprint density at radius 1 is 1.17 bits per heavy atom. The van der Waals surface area contributed by atoms with Crippen LogP contribution in [0.25, 0.3) is 0 Å². The number of hydrogen-bond donors (Lipinski definition) is 3. The van der Waals surface area contributed by atoms with Gasteiger partial charge in [-0.05, 0) is 12.1 Å². The van der Waals surface area contributed by atoms with Crippen molar-refractivity contribution in [3.8, 4) is 11.5 Å². The summed E-state index contributed by atoms with van der Waals surface area (Å²) in [5, 5.41) is 17.8. The molecule has 1 aromatic carbocycles. The van der Waals surface area contributed by atoms with E-state index in [1.54, 1.807) is 0 Å². The number of phenolic OH excluding ortho intramolecular Hbond substituents is 2. The molecular formula is C7H8ClNO3. The number of aromatic hydroxyl groups is 2. The van der Waals surface area contributed by atoms with Crippen LogP contribution in [-0.4, -0.2) is 16.1 Å². The Balaban J connectivity index is 0.00000121. The summed E-state index contributed by atoms with van der Waals surface area (Å²) < 4.78 is 0. The van der Waals surface area contributed by atoms with Gasteiger partial charge in [0.15, 0.2) is 0 Å². The van der Waals surface area contributed by atoms with E-state index in [1.165, 1.54) is 12.1 Å². The molecule has 0 bridgehead atoms. The molecule has 0 saturated heterocycles. The van der Waals surface area contributed by atoms with Gasteiger partial charge < -0.3 is 15.9 Å². The fourth-order valence-electron chi connectivity index (χ4n) is 0.737. The summed E-state index contributed by atoms with van der Waals surface area (Å²) in [6, 6.07) is 3.48. The molecule has 0 spiro atoms. The largest absolute Gasteiger partial charge is 0.508 e. The second-order valence-electron chi connectivity index (χ2n) is 2.10. The molecule has 1 rings (SSSR count). The lowest BCUT2D eigenvalue weighted by Crippen LogP contribution is -2.10. The van der Waals surface area contributed by atoms with Crippen LogP contribution in [0.2, 0.25) is 0 Å². The summed E-state index contributed by atoms with van der Waals surface area (Å²) in [6.07, 6.45) is 0. The average molecular weight is 190 g/mol. The summed E-state index contributed by atoms with van der Waals surface area (Å²) in [6.45, 7) is 0. The van der Waals surface area contributed by atoms with Crippen LogP contribution in [0.15, 0.2) is 18.2 Å². The molecule has 0 aromatic heterocycles. The average Bonchev–Trinajstić information content (AvgIpc) is 1.85. The predicted octanol–water partition coefficient (Wildman–Crippen LogP) is 0.619. The quantitative estimate of drug-likeness (QED) is 0.606. The lowest BCUT2D eigenvalue weighted by Gasteiger charge is -1.97. The molecule has 0 fully saturated rings. The van der Waals surface area contributed by atoms with Crippen LogP contribution in [0.1, 0.15) is 10.4 Å². The van der Waals surface area contributed by atoms with E-state index in [0.717, 1.165) is 6.07 Å². The smallest absolute Gasteiger partial charge is 0.248 e. The number of halogens is 1. The molecule has 5 heteroatoms. The standard InChI is InChI=1S/C7H7NO3.ClH/c8-7(11)4-1-5(9)3-6(10)2-4;/h1-3,9-10H,(H2,8,11);1H. The molecule has 0 saturated carbocycles. The van der Waals surface area contributed by atoms with Crippen molar-refractivity contribution in [2.24, 2.45) is 5.73 Å². The van der Waals surface area contributed by atoms with Crippen LogP contribution in [0, 0.1) is 0 Å². The highest BCUT2D eigenvalue weighted by Crippen LogP contribution is 2.19. The van der Waals surface area contributed by atoms with Gasteiger partial charge in [0.1, 0.15) is 11.5 Å². The van der Waals surface area contributed by atoms with E-state index in [0.29, 0.717) is 0 Å². The third kappa shape index (κ3) is 2.32. The minimum atomic E-state index is -0.684. The van der Waals surface area contributed by atoms with Crippen molar-refractivity contribution in [2.45, 2.75) is 0 Å². The Labute approximate surface area is 75.0 Å². The number of hydrogen-bond acceptors (Lipinski definition) is 3. The van der Waals surface area contributed by atoms with Crippen LogP contribution >= 0.6 is 12.4 Å².